The standard InChI is InChI=1S/C10H18N4S/c1-7-12-10(14-13-7)15-6-5-8-3-2-4-9(8)11/h8-9H,2-6,11H2,1H3,(H,12,13,14). The molecule has 1 fully saturated rings. The van der Waals surface area contributed by atoms with E-state index in [2.05, 4.69) is 15.2 Å². The number of hydrogen-bond acceptors (Lipinski definition) is 4. The number of rotatable bonds is 4. The van der Waals surface area contributed by atoms with Crippen LogP contribution in [0, 0.1) is 12.8 Å². The molecule has 84 valence electrons. The molecule has 0 aromatic carbocycles. The lowest BCUT2D eigenvalue weighted by molar-refractivity contribution is 0.470. The van der Waals surface area contributed by atoms with Crippen LogP contribution in [-0.4, -0.2) is 27.0 Å². The van der Waals surface area contributed by atoms with Crippen molar-refractivity contribution in [2.75, 3.05) is 5.75 Å². The van der Waals surface area contributed by atoms with Gasteiger partial charge in [-0.05, 0) is 32.1 Å². The van der Waals surface area contributed by atoms with E-state index < -0.39 is 0 Å². The van der Waals surface area contributed by atoms with E-state index >= 15 is 0 Å². The molecule has 15 heavy (non-hydrogen) atoms. The lowest BCUT2D eigenvalue weighted by Gasteiger charge is -2.13. The van der Waals surface area contributed by atoms with Gasteiger partial charge in [0, 0.05) is 11.8 Å². The molecule has 0 saturated heterocycles. The Balaban J connectivity index is 1.70. The van der Waals surface area contributed by atoms with Crippen LogP contribution in [0.25, 0.3) is 0 Å². The van der Waals surface area contributed by atoms with Gasteiger partial charge in [0.25, 0.3) is 0 Å². The molecule has 1 aromatic rings. The minimum Gasteiger partial charge on any atom is -0.327 e. The van der Waals surface area contributed by atoms with E-state index in [1.807, 2.05) is 6.92 Å². The van der Waals surface area contributed by atoms with Crippen LogP contribution in [0.4, 0.5) is 0 Å². The molecule has 0 spiro atoms. The van der Waals surface area contributed by atoms with Crippen LogP contribution in [0.15, 0.2) is 5.16 Å². The van der Waals surface area contributed by atoms with Crippen LogP contribution in [0.3, 0.4) is 0 Å². The lowest BCUT2D eigenvalue weighted by Crippen LogP contribution is -2.24. The predicted molar refractivity (Wildman–Crippen MR) is 61.8 cm³/mol. The summed E-state index contributed by atoms with van der Waals surface area (Å²) in [4.78, 5) is 4.26. The first-order chi connectivity index (χ1) is 7.25. The minimum atomic E-state index is 0.430. The summed E-state index contributed by atoms with van der Waals surface area (Å²) in [5, 5.41) is 7.80. The number of nitrogens with one attached hydrogen (secondary N) is 1. The molecule has 2 unspecified atom stereocenters. The molecule has 0 aliphatic heterocycles. The van der Waals surface area contributed by atoms with Gasteiger partial charge in [-0.2, -0.15) is 0 Å². The van der Waals surface area contributed by atoms with Crippen molar-refractivity contribution in [3.05, 3.63) is 5.82 Å². The van der Waals surface area contributed by atoms with Gasteiger partial charge >= 0.3 is 0 Å². The van der Waals surface area contributed by atoms with Gasteiger partial charge in [0.15, 0.2) is 0 Å². The Morgan fingerprint density at radius 1 is 1.53 bits per heavy atom. The fraction of sp³-hybridized carbons (Fsp3) is 0.800. The molecule has 1 aliphatic rings. The average molecular weight is 226 g/mol. The summed E-state index contributed by atoms with van der Waals surface area (Å²) in [7, 11) is 0. The van der Waals surface area contributed by atoms with E-state index in [0.29, 0.717) is 6.04 Å². The molecule has 5 heteroatoms. The molecule has 0 radical (unpaired) electrons. The molecule has 3 N–H and O–H groups in total. The maximum Gasteiger partial charge on any atom is 0.208 e. The van der Waals surface area contributed by atoms with Crippen molar-refractivity contribution in [1.82, 2.24) is 15.2 Å². The van der Waals surface area contributed by atoms with Crippen molar-refractivity contribution in [3.63, 3.8) is 0 Å². The zero-order valence-corrected chi connectivity index (χ0v) is 9.89. The molecule has 1 heterocycles. The Morgan fingerprint density at radius 2 is 2.40 bits per heavy atom. The Morgan fingerprint density at radius 3 is 3.00 bits per heavy atom. The quantitative estimate of drug-likeness (QED) is 0.767. The van der Waals surface area contributed by atoms with E-state index in [1.165, 1.54) is 25.7 Å². The van der Waals surface area contributed by atoms with Crippen LogP contribution >= 0.6 is 11.8 Å². The van der Waals surface area contributed by atoms with Crippen LogP contribution in [-0.2, 0) is 0 Å². The molecular formula is C10H18N4S. The maximum absolute atomic E-state index is 6.02. The molecule has 1 aliphatic carbocycles. The van der Waals surface area contributed by atoms with E-state index in [1.54, 1.807) is 11.8 Å². The van der Waals surface area contributed by atoms with Crippen molar-refractivity contribution in [1.29, 1.82) is 0 Å². The van der Waals surface area contributed by atoms with Crippen LogP contribution < -0.4 is 5.73 Å². The number of aryl methyl sites for hydroxylation is 1. The normalized spacial score (nSPS) is 26.0. The van der Waals surface area contributed by atoms with E-state index in [9.17, 15) is 0 Å². The number of nitrogens with zero attached hydrogens (tertiary/aromatic N) is 2. The third-order valence-corrected chi connectivity index (χ3v) is 3.89. The second-order valence-corrected chi connectivity index (χ2v) is 5.26. The smallest absolute Gasteiger partial charge is 0.208 e. The Bertz CT molecular complexity index is 312. The molecular weight excluding hydrogens is 208 g/mol. The van der Waals surface area contributed by atoms with Gasteiger partial charge in [-0.15, -0.1) is 5.10 Å². The Kier molecular flexibility index (Phi) is 3.64. The predicted octanol–water partition coefficient (Wildman–Crippen LogP) is 1.72. The number of nitrogens with two attached hydrogens (primary N) is 1. The summed E-state index contributed by atoms with van der Waals surface area (Å²) in [5.41, 5.74) is 6.02. The average Bonchev–Trinajstić information content (AvgIpc) is 2.77. The van der Waals surface area contributed by atoms with E-state index in [-0.39, 0.29) is 0 Å². The first-order valence-electron chi connectivity index (χ1n) is 5.53. The molecule has 1 aromatic heterocycles. The summed E-state index contributed by atoms with van der Waals surface area (Å²) in [6.45, 7) is 1.92. The minimum absolute atomic E-state index is 0.430. The molecule has 0 amide bonds. The van der Waals surface area contributed by atoms with Crippen LogP contribution in [0.2, 0.25) is 0 Å². The van der Waals surface area contributed by atoms with Gasteiger partial charge in [0.1, 0.15) is 5.82 Å². The van der Waals surface area contributed by atoms with Gasteiger partial charge in [-0.3, -0.25) is 5.10 Å². The fourth-order valence-electron chi connectivity index (χ4n) is 2.11. The fourth-order valence-corrected chi connectivity index (χ4v) is 3.03. The van der Waals surface area contributed by atoms with Crippen molar-refractivity contribution < 1.29 is 0 Å². The zero-order valence-electron chi connectivity index (χ0n) is 9.07. The van der Waals surface area contributed by atoms with Crippen molar-refractivity contribution in [2.45, 2.75) is 43.8 Å². The molecule has 4 nitrogen and oxygen atoms in total. The third kappa shape index (κ3) is 2.95. The molecule has 2 rings (SSSR count). The van der Waals surface area contributed by atoms with Crippen molar-refractivity contribution in [2.24, 2.45) is 11.7 Å². The highest BCUT2D eigenvalue weighted by Gasteiger charge is 2.23. The summed E-state index contributed by atoms with van der Waals surface area (Å²) >= 11 is 1.72. The highest BCUT2D eigenvalue weighted by Crippen LogP contribution is 2.28. The number of aromatic nitrogens is 3. The van der Waals surface area contributed by atoms with Crippen LogP contribution in [0.5, 0.6) is 0 Å². The highest BCUT2D eigenvalue weighted by atomic mass is 32.2. The summed E-state index contributed by atoms with van der Waals surface area (Å²) in [6.07, 6.45) is 5.00. The highest BCUT2D eigenvalue weighted by molar-refractivity contribution is 7.99. The molecule has 0 bridgehead atoms. The first kappa shape index (κ1) is 11.0. The number of hydrogen-bond donors (Lipinski definition) is 2. The second kappa shape index (κ2) is 4.99. The number of aromatic amines is 1. The summed E-state index contributed by atoms with van der Waals surface area (Å²) in [5.74, 6) is 2.68. The summed E-state index contributed by atoms with van der Waals surface area (Å²) < 4.78 is 0. The number of H-pyrrole nitrogens is 1. The van der Waals surface area contributed by atoms with E-state index in [4.69, 9.17) is 5.73 Å². The number of thioether (sulfide) groups is 1. The van der Waals surface area contributed by atoms with Gasteiger partial charge in [0.2, 0.25) is 5.16 Å². The van der Waals surface area contributed by atoms with Gasteiger partial charge in [-0.1, -0.05) is 18.2 Å². The summed E-state index contributed by atoms with van der Waals surface area (Å²) in [6, 6.07) is 0.430. The monoisotopic (exact) mass is 226 g/mol. The van der Waals surface area contributed by atoms with Gasteiger partial charge in [-0.25, -0.2) is 4.98 Å². The van der Waals surface area contributed by atoms with Crippen LogP contribution in [0.1, 0.15) is 31.5 Å². The Labute approximate surface area is 94.4 Å². The maximum atomic E-state index is 6.02. The Hall–Kier alpha value is -0.550. The van der Waals surface area contributed by atoms with E-state index in [0.717, 1.165) is 22.7 Å². The lowest BCUT2D eigenvalue weighted by atomic mass is 10.0. The van der Waals surface area contributed by atoms with Gasteiger partial charge < -0.3 is 5.73 Å². The topological polar surface area (TPSA) is 67.6 Å². The van der Waals surface area contributed by atoms with Crippen molar-refractivity contribution in [3.8, 4) is 0 Å². The zero-order chi connectivity index (χ0) is 10.7. The van der Waals surface area contributed by atoms with Gasteiger partial charge in [0.05, 0.1) is 0 Å². The second-order valence-electron chi connectivity index (χ2n) is 4.20. The first-order valence-corrected chi connectivity index (χ1v) is 6.51. The van der Waals surface area contributed by atoms with Crippen molar-refractivity contribution >= 4 is 11.8 Å². The third-order valence-electron chi connectivity index (χ3n) is 3.01. The molecule has 2 atom stereocenters. The SMILES string of the molecule is Cc1nc(SCCC2CCCC2N)n[nH]1. The largest absolute Gasteiger partial charge is 0.327 e. The molecule has 1 saturated carbocycles.